The molecule has 0 radical (unpaired) electrons. The summed E-state index contributed by atoms with van der Waals surface area (Å²) < 4.78 is 2.27. The van der Waals surface area contributed by atoms with Gasteiger partial charge < -0.3 is 4.57 Å². The van der Waals surface area contributed by atoms with E-state index in [1.165, 1.54) is 0 Å². The number of benzene rings is 1. The Bertz CT molecular complexity index is 585. The maximum atomic E-state index is 6.34. The molecule has 0 N–H and O–H groups in total. The number of hydrogen-bond donors (Lipinski definition) is 0. The van der Waals surface area contributed by atoms with Crippen LogP contribution in [0.5, 0.6) is 0 Å². The number of alkyl halides is 1. The average molecular weight is 313 g/mol. The summed E-state index contributed by atoms with van der Waals surface area (Å²) in [5, 5.41) is 0.627. The predicted octanol–water partition coefficient (Wildman–Crippen LogP) is 5.99. The summed E-state index contributed by atoms with van der Waals surface area (Å²) in [6, 6.07) is 6.21. The standard InChI is InChI=1S/C16H22Cl2N2/c1-5-12(6-2)11(4)20-15-9-13(18)7-8-14(15)19-16(20)10(3)17/h7-12H,5-6H2,1-4H3. The van der Waals surface area contributed by atoms with Crippen molar-refractivity contribution in [3.05, 3.63) is 29.0 Å². The van der Waals surface area contributed by atoms with Crippen LogP contribution in [-0.4, -0.2) is 9.55 Å². The smallest absolute Gasteiger partial charge is 0.127 e. The number of halogens is 2. The van der Waals surface area contributed by atoms with Crippen molar-refractivity contribution in [2.75, 3.05) is 0 Å². The van der Waals surface area contributed by atoms with Crippen LogP contribution < -0.4 is 0 Å². The lowest BCUT2D eigenvalue weighted by Crippen LogP contribution is -2.18. The Morgan fingerprint density at radius 3 is 2.40 bits per heavy atom. The monoisotopic (exact) mass is 312 g/mol. The van der Waals surface area contributed by atoms with Crippen LogP contribution in [0.25, 0.3) is 11.0 Å². The van der Waals surface area contributed by atoms with E-state index >= 15 is 0 Å². The Kier molecular flexibility index (Phi) is 4.98. The number of imidazole rings is 1. The molecule has 2 atom stereocenters. The van der Waals surface area contributed by atoms with Gasteiger partial charge in [-0.25, -0.2) is 4.98 Å². The van der Waals surface area contributed by atoms with Crippen molar-refractivity contribution in [1.82, 2.24) is 9.55 Å². The third kappa shape index (κ3) is 2.82. The Labute approximate surface area is 131 Å². The number of aromatic nitrogens is 2. The Morgan fingerprint density at radius 2 is 1.85 bits per heavy atom. The summed E-state index contributed by atoms with van der Waals surface area (Å²) in [6.07, 6.45) is 2.29. The minimum atomic E-state index is -0.113. The summed E-state index contributed by atoms with van der Waals surface area (Å²) in [5.74, 6) is 1.55. The molecule has 0 amide bonds. The first-order valence-electron chi connectivity index (χ1n) is 7.31. The molecule has 0 aliphatic carbocycles. The highest BCUT2D eigenvalue weighted by Crippen LogP contribution is 2.34. The first-order valence-corrected chi connectivity index (χ1v) is 8.12. The van der Waals surface area contributed by atoms with Crippen LogP contribution in [0.2, 0.25) is 5.02 Å². The highest BCUT2D eigenvalue weighted by Gasteiger charge is 2.23. The molecule has 20 heavy (non-hydrogen) atoms. The molecule has 2 rings (SSSR count). The second-order valence-corrected chi connectivity index (χ2v) is 6.50. The molecule has 0 aliphatic rings. The lowest BCUT2D eigenvalue weighted by atomic mass is 9.95. The molecule has 1 aromatic carbocycles. The minimum Gasteiger partial charge on any atom is -0.324 e. The second-order valence-electron chi connectivity index (χ2n) is 5.41. The van der Waals surface area contributed by atoms with Crippen LogP contribution in [0.3, 0.4) is 0 Å². The van der Waals surface area contributed by atoms with Gasteiger partial charge in [-0.05, 0) is 38.0 Å². The van der Waals surface area contributed by atoms with Crippen LogP contribution in [0.15, 0.2) is 18.2 Å². The third-order valence-electron chi connectivity index (χ3n) is 4.17. The molecule has 1 heterocycles. The molecule has 0 saturated carbocycles. The van der Waals surface area contributed by atoms with Gasteiger partial charge >= 0.3 is 0 Å². The average Bonchev–Trinajstić information content (AvgIpc) is 2.78. The van der Waals surface area contributed by atoms with Gasteiger partial charge in [0, 0.05) is 11.1 Å². The molecule has 2 aromatic rings. The largest absolute Gasteiger partial charge is 0.324 e. The summed E-state index contributed by atoms with van der Waals surface area (Å²) >= 11 is 12.5. The normalized spacial score (nSPS) is 14.9. The van der Waals surface area contributed by atoms with Crippen molar-refractivity contribution < 1.29 is 0 Å². The maximum absolute atomic E-state index is 6.34. The maximum Gasteiger partial charge on any atom is 0.127 e. The Morgan fingerprint density at radius 1 is 1.20 bits per heavy atom. The van der Waals surface area contributed by atoms with E-state index < -0.39 is 0 Å². The molecule has 0 aliphatic heterocycles. The van der Waals surface area contributed by atoms with Crippen molar-refractivity contribution in [2.24, 2.45) is 5.92 Å². The fourth-order valence-corrected chi connectivity index (χ4v) is 3.30. The fourth-order valence-electron chi connectivity index (χ4n) is 2.98. The van der Waals surface area contributed by atoms with Gasteiger partial charge in [0.15, 0.2) is 0 Å². The van der Waals surface area contributed by atoms with Gasteiger partial charge in [0.25, 0.3) is 0 Å². The zero-order valence-corrected chi connectivity index (χ0v) is 14.0. The third-order valence-corrected chi connectivity index (χ3v) is 4.60. The number of hydrogen-bond acceptors (Lipinski definition) is 1. The van der Waals surface area contributed by atoms with E-state index in [0.29, 0.717) is 12.0 Å². The van der Waals surface area contributed by atoms with Gasteiger partial charge in [-0.1, -0.05) is 38.3 Å². The van der Waals surface area contributed by atoms with Crippen molar-refractivity contribution in [3.8, 4) is 0 Å². The van der Waals surface area contributed by atoms with Crippen LogP contribution in [0.4, 0.5) is 0 Å². The van der Waals surface area contributed by atoms with Gasteiger partial charge in [-0.3, -0.25) is 0 Å². The molecule has 0 fully saturated rings. The summed E-state index contributed by atoms with van der Waals surface area (Å²) in [7, 11) is 0. The number of rotatable bonds is 5. The van der Waals surface area contributed by atoms with E-state index in [-0.39, 0.29) is 5.38 Å². The fraction of sp³-hybridized carbons (Fsp3) is 0.562. The first kappa shape index (κ1) is 15.7. The van der Waals surface area contributed by atoms with E-state index in [9.17, 15) is 0 Å². The molecule has 0 spiro atoms. The molecule has 2 unspecified atom stereocenters. The van der Waals surface area contributed by atoms with E-state index in [0.717, 1.165) is 34.7 Å². The second kappa shape index (κ2) is 6.36. The van der Waals surface area contributed by atoms with Gasteiger partial charge in [-0.2, -0.15) is 0 Å². The van der Waals surface area contributed by atoms with Crippen molar-refractivity contribution in [3.63, 3.8) is 0 Å². The number of nitrogens with zero attached hydrogens (tertiary/aromatic N) is 2. The van der Waals surface area contributed by atoms with E-state index in [2.05, 4.69) is 25.3 Å². The molecular weight excluding hydrogens is 291 g/mol. The molecule has 4 heteroatoms. The zero-order valence-electron chi connectivity index (χ0n) is 12.5. The van der Waals surface area contributed by atoms with Crippen LogP contribution >= 0.6 is 23.2 Å². The van der Waals surface area contributed by atoms with Gasteiger partial charge in [-0.15, -0.1) is 11.6 Å². The lowest BCUT2D eigenvalue weighted by Gasteiger charge is -2.26. The molecule has 110 valence electrons. The summed E-state index contributed by atoms with van der Waals surface area (Å²) in [6.45, 7) is 8.70. The Hall–Kier alpha value is -0.730. The summed E-state index contributed by atoms with van der Waals surface area (Å²) in [5.41, 5.74) is 2.05. The highest BCUT2D eigenvalue weighted by atomic mass is 35.5. The quantitative estimate of drug-likeness (QED) is 0.620. The van der Waals surface area contributed by atoms with Gasteiger partial charge in [0.05, 0.1) is 16.4 Å². The lowest BCUT2D eigenvalue weighted by molar-refractivity contribution is 0.332. The summed E-state index contributed by atoms with van der Waals surface area (Å²) in [4.78, 5) is 4.70. The molecule has 0 saturated heterocycles. The molecule has 0 bridgehead atoms. The van der Waals surface area contributed by atoms with E-state index in [4.69, 9.17) is 28.2 Å². The van der Waals surface area contributed by atoms with Crippen LogP contribution in [0.1, 0.15) is 57.8 Å². The predicted molar refractivity (Wildman–Crippen MR) is 87.8 cm³/mol. The Balaban J connectivity index is 2.64. The topological polar surface area (TPSA) is 17.8 Å². The van der Waals surface area contributed by atoms with Crippen LogP contribution in [0, 0.1) is 5.92 Å². The molecular formula is C16H22Cl2N2. The SMILES string of the molecule is CCC(CC)C(C)n1c(C(C)Cl)nc2ccc(Cl)cc21. The minimum absolute atomic E-state index is 0.113. The van der Waals surface area contributed by atoms with Crippen LogP contribution in [-0.2, 0) is 0 Å². The van der Waals surface area contributed by atoms with Crippen molar-refractivity contribution in [1.29, 1.82) is 0 Å². The van der Waals surface area contributed by atoms with E-state index in [1.54, 1.807) is 0 Å². The zero-order chi connectivity index (χ0) is 14.9. The highest BCUT2D eigenvalue weighted by molar-refractivity contribution is 6.31. The van der Waals surface area contributed by atoms with Gasteiger partial charge in [0.2, 0.25) is 0 Å². The number of fused-ring (bicyclic) bond motifs is 1. The molecule has 1 aromatic heterocycles. The van der Waals surface area contributed by atoms with Crippen molar-refractivity contribution in [2.45, 2.75) is 52.0 Å². The van der Waals surface area contributed by atoms with Gasteiger partial charge in [0.1, 0.15) is 5.82 Å². The first-order chi connectivity index (χ1) is 9.49. The van der Waals surface area contributed by atoms with E-state index in [1.807, 2.05) is 25.1 Å². The van der Waals surface area contributed by atoms with Crippen molar-refractivity contribution >= 4 is 34.2 Å². The molecule has 2 nitrogen and oxygen atoms in total.